The Morgan fingerprint density at radius 1 is 1.29 bits per heavy atom. The van der Waals surface area contributed by atoms with Gasteiger partial charge in [0.15, 0.2) is 24.5 Å². The highest BCUT2D eigenvalue weighted by atomic mass is 16.6. The Balaban J connectivity index is 1.86. The molecular weight excluding hydrogens is 274 g/mol. The average Bonchev–Trinajstić information content (AvgIpc) is 2.82. The molecule has 0 saturated carbocycles. The smallest absolute Gasteiger partial charge is 0.246 e. The number of hydrogen-bond acceptors (Lipinski definition) is 6. The maximum atomic E-state index is 11.3. The monoisotopic (exact) mass is 293 g/mol. The Hall–Kier alpha value is -2.28. The van der Waals surface area contributed by atoms with Crippen LogP contribution >= 0.6 is 0 Å². The summed E-state index contributed by atoms with van der Waals surface area (Å²) >= 11 is 0. The van der Waals surface area contributed by atoms with Gasteiger partial charge in [-0.25, -0.2) is 0 Å². The third kappa shape index (κ3) is 3.63. The molecular formula is C14H19N3O4. The topological polar surface area (TPSA) is 83.5 Å². The molecule has 1 aromatic heterocycles. The number of hydrogen-bond donors (Lipinski definition) is 1. The van der Waals surface area contributed by atoms with Crippen molar-refractivity contribution >= 4 is 0 Å². The minimum atomic E-state index is -0.406. The molecule has 0 bridgehead atoms. The van der Waals surface area contributed by atoms with E-state index in [0.717, 1.165) is 18.5 Å². The van der Waals surface area contributed by atoms with Crippen molar-refractivity contribution in [3.63, 3.8) is 0 Å². The van der Waals surface area contributed by atoms with Gasteiger partial charge >= 0.3 is 0 Å². The first-order chi connectivity index (χ1) is 10.2. The van der Waals surface area contributed by atoms with Crippen LogP contribution in [0, 0.1) is 0 Å². The molecule has 7 heteroatoms. The highest BCUT2D eigenvalue weighted by Crippen LogP contribution is 2.27. The Morgan fingerprint density at radius 2 is 2.05 bits per heavy atom. The molecule has 0 saturated heterocycles. The largest absolute Gasteiger partial charge is 0.539 e. The van der Waals surface area contributed by atoms with Gasteiger partial charge in [-0.1, -0.05) is 10.7 Å². The van der Waals surface area contributed by atoms with Crippen molar-refractivity contribution in [2.24, 2.45) is 7.05 Å². The lowest BCUT2D eigenvalue weighted by molar-refractivity contribution is -0.746. The second-order valence-electron chi connectivity index (χ2n) is 4.55. The van der Waals surface area contributed by atoms with E-state index in [1.54, 1.807) is 21.3 Å². The number of aryl methyl sites for hydroxylation is 1. The summed E-state index contributed by atoms with van der Waals surface area (Å²) in [5.41, 5.74) is 1.62. The average molecular weight is 293 g/mol. The Morgan fingerprint density at radius 3 is 2.67 bits per heavy atom. The van der Waals surface area contributed by atoms with Crippen LogP contribution in [-0.2, 0) is 20.0 Å². The predicted molar refractivity (Wildman–Crippen MR) is 72.1 cm³/mol. The summed E-state index contributed by atoms with van der Waals surface area (Å²) in [7, 11) is 4.90. The summed E-state index contributed by atoms with van der Waals surface area (Å²) < 4.78 is 16.4. The minimum Gasteiger partial charge on any atom is -0.539 e. The van der Waals surface area contributed by atoms with Crippen molar-refractivity contribution in [1.82, 2.24) is 10.6 Å². The quantitative estimate of drug-likeness (QED) is 0.568. The third-order valence-corrected chi connectivity index (χ3v) is 3.20. The van der Waals surface area contributed by atoms with Crippen LogP contribution in [0.3, 0.4) is 0 Å². The fourth-order valence-corrected chi connectivity index (χ4v) is 1.99. The molecule has 0 spiro atoms. The van der Waals surface area contributed by atoms with Crippen molar-refractivity contribution in [2.45, 2.75) is 13.0 Å². The zero-order valence-electron chi connectivity index (χ0n) is 12.4. The molecule has 2 rings (SSSR count). The lowest BCUT2D eigenvalue weighted by atomic mass is 10.1. The fraction of sp³-hybridized carbons (Fsp3) is 0.429. The highest BCUT2D eigenvalue weighted by molar-refractivity contribution is 5.42. The Labute approximate surface area is 123 Å². The van der Waals surface area contributed by atoms with Crippen LogP contribution in [-0.4, -0.2) is 26.0 Å². The van der Waals surface area contributed by atoms with Crippen LogP contribution < -0.4 is 24.6 Å². The maximum Gasteiger partial charge on any atom is 0.246 e. The van der Waals surface area contributed by atoms with E-state index in [2.05, 4.69) is 15.1 Å². The van der Waals surface area contributed by atoms with Crippen LogP contribution in [0.2, 0.25) is 0 Å². The van der Waals surface area contributed by atoms with E-state index in [4.69, 9.17) is 9.47 Å². The van der Waals surface area contributed by atoms with Crippen LogP contribution in [0.15, 0.2) is 22.7 Å². The first kappa shape index (κ1) is 15.1. The number of aromatic nitrogens is 2. The van der Waals surface area contributed by atoms with Gasteiger partial charge < -0.3 is 24.4 Å². The molecule has 1 heterocycles. The number of nitrogens with zero attached hydrogens (tertiary/aromatic N) is 2. The van der Waals surface area contributed by atoms with Crippen LogP contribution in [0.25, 0.3) is 0 Å². The number of ether oxygens (including phenoxy) is 2. The van der Waals surface area contributed by atoms with Gasteiger partial charge in [-0.3, -0.25) is 0 Å². The van der Waals surface area contributed by atoms with E-state index in [1.807, 2.05) is 18.2 Å². The van der Waals surface area contributed by atoms with Gasteiger partial charge in [0.1, 0.15) is 0 Å². The first-order valence-corrected chi connectivity index (χ1v) is 6.59. The van der Waals surface area contributed by atoms with Crippen molar-refractivity contribution in [3.05, 3.63) is 29.5 Å². The van der Waals surface area contributed by atoms with Crippen LogP contribution in [0.4, 0.5) is 0 Å². The van der Waals surface area contributed by atoms with Gasteiger partial charge in [-0.05, 0) is 30.7 Å². The summed E-state index contributed by atoms with van der Waals surface area (Å²) in [5, 5.41) is 18.1. The van der Waals surface area contributed by atoms with E-state index in [-0.39, 0.29) is 0 Å². The molecule has 2 aromatic rings. The number of benzene rings is 1. The SMILES string of the molecule is COc1ccc(CCNCc2c([O-])on[n+]2C)cc1OC. The van der Waals surface area contributed by atoms with Crippen molar-refractivity contribution in [1.29, 1.82) is 0 Å². The molecule has 0 aliphatic heterocycles. The van der Waals surface area contributed by atoms with E-state index in [9.17, 15) is 5.11 Å². The van der Waals surface area contributed by atoms with Gasteiger partial charge in [0, 0.05) is 0 Å². The summed E-state index contributed by atoms with van der Waals surface area (Å²) in [6, 6.07) is 5.81. The molecule has 1 N–H and O–H groups in total. The molecule has 0 fully saturated rings. The van der Waals surface area contributed by atoms with Gasteiger partial charge in [-0.2, -0.15) is 0 Å². The van der Waals surface area contributed by atoms with Gasteiger partial charge in [0.05, 0.1) is 26.0 Å². The normalized spacial score (nSPS) is 10.6. The summed E-state index contributed by atoms with van der Waals surface area (Å²) in [5.74, 6) is 1.01. The molecule has 0 unspecified atom stereocenters. The number of methoxy groups -OCH3 is 2. The Bertz CT molecular complexity index is 578. The number of nitrogens with one attached hydrogen (secondary N) is 1. The second kappa shape index (κ2) is 6.94. The molecule has 0 atom stereocenters. The van der Waals surface area contributed by atoms with Crippen LogP contribution in [0.1, 0.15) is 11.3 Å². The van der Waals surface area contributed by atoms with E-state index >= 15 is 0 Å². The highest BCUT2D eigenvalue weighted by Gasteiger charge is 2.12. The van der Waals surface area contributed by atoms with E-state index in [0.29, 0.717) is 23.7 Å². The van der Waals surface area contributed by atoms with Crippen molar-refractivity contribution < 1.29 is 23.8 Å². The summed E-state index contributed by atoms with van der Waals surface area (Å²) in [4.78, 5) is 0. The first-order valence-electron chi connectivity index (χ1n) is 6.59. The van der Waals surface area contributed by atoms with Gasteiger partial charge in [0.25, 0.3) is 0 Å². The molecule has 7 nitrogen and oxygen atoms in total. The molecule has 21 heavy (non-hydrogen) atoms. The minimum absolute atomic E-state index is 0.406. The molecule has 0 radical (unpaired) electrons. The Kier molecular flexibility index (Phi) is 4.99. The van der Waals surface area contributed by atoms with Gasteiger partial charge in [0.2, 0.25) is 5.69 Å². The van der Waals surface area contributed by atoms with E-state index in [1.165, 1.54) is 4.68 Å². The third-order valence-electron chi connectivity index (χ3n) is 3.20. The lowest BCUT2D eigenvalue weighted by Gasteiger charge is -2.09. The molecule has 1 aromatic carbocycles. The predicted octanol–water partition coefficient (Wildman–Crippen LogP) is -0.0778. The number of rotatable bonds is 7. The molecule has 0 aliphatic rings. The second-order valence-corrected chi connectivity index (χ2v) is 4.55. The van der Waals surface area contributed by atoms with Gasteiger partial charge in [-0.15, -0.1) is 0 Å². The fourth-order valence-electron chi connectivity index (χ4n) is 1.99. The lowest BCUT2D eigenvalue weighted by Crippen LogP contribution is -2.37. The van der Waals surface area contributed by atoms with Crippen molar-refractivity contribution in [2.75, 3.05) is 20.8 Å². The molecule has 0 aliphatic carbocycles. The maximum absolute atomic E-state index is 11.3. The zero-order chi connectivity index (χ0) is 15.2. The van der Waals surface area contributed by atoms with Crippen molar-refractivity contribution in [3.8, 4) is 17.4 Å². The standard InChI is InChI=1S/C14H19N3O4/c1-17-11(14(18)21-16-17)9-15-7-6-10-4-5-12(19-2)13(8-10)20-3/h4-5,8,15H,6-7,9H2,1-3H3. The van der Waals surface area contributed by atoms with Crippen LogP contribution in [0.5, 0.6) is 17.4 Å². The summed E-state index contributed by atoms with van der Waals surface area (Å²) in [6.45, 7) is 1.15. The molecule has 114 valence electrons. The molecule has 0 amide bonds. The zero-order valence-corrected chi connectivity index (χ0v) is 12.4. The summed E-state index contributed by atoms with van der Waals surface area (Å²) in [6.07, 6.45) is 0.809. The van der Waals surface area contributed by atoms with E-state index < -0.39 is 5.95 Å².